The van der Waals surface area contributed by atoms with Crippen LogP contribution in [0, 0.1) is 11.8 Å². The molecule has 0 N–H and O–H groups in total. The fraction of sp³-hybridized carbons (Fsp3) is 0.923. The molecule has 0 radical (unpaired) electrons. The summed E-state index contributed by atoms with van der Waals surface area (Å²) in [4.78, 5) is 14.2. The van der Waals surface area contributed by atoms with Gasteiger partial charge in [0.1, 0.15) is 6.04 Å². The maximum Gasteiger partial charge on any atom is 0.323 e. The Morgan fingerprint density at radius 2 is 1.88 bits per heavy atom. The summed E-state index contributed by atoms with van der Waals surface area (Å²) < 4.78 is 4.95. The van der Waals surface area contributed by atoms with Gasteiger partial charge in [0.25, 0.3) is 0 Å². The Morgan fingerprint density at radius 3 is 2.19 bits per heavy atom. The minimum atomic E-state index is -0.0585. The van der Waals surface area contributed by atoms with Crippen LogP contribution in [0.5, 0.6) is 0 Å². The second-order valence-electron chi connectivity index (χ2n) is 5.49. The molecule has 0 heterocycles. The molecule has 3 heteroatoms. The second kappa shape index (κ2) is 5.67. The minimum absolute atomic E-state index is 0.0209. The lowest BCUT2D eigenvalue weighted by Gasteiger charge is -2.34. The lowest BCUT2D eigenvalue weighted by Crippen LogP contribution is -2.48. The zero-order valence-corrected chi connectivity index (χ0v) is 11.2. The van der Waals surface area contributed by atoms with E-state index in [1.54, 1.807) is 0 Å². The summed E-state index contributed by atoms with van der Waals surface area (Å²) in [6.07, 6.45) is 2.34. The maximum atomic E-state index is 11.9. The first-order valence-electron chi connectivity index (χ1n) is 6.31. The van der Waals surface area contributed by atoms with E-state index in [0.29, 0.717) is 17.9 Å². The lowest BCUT2D eigenvalue weighted by atomic mass is 10.1. The molecule has 94 valence electrons. The summed E-state index contributed by atoms with van der Waals surface area (Å²) in [6.45, 7) is 9.66. The third-order valence-electron chi connectivity index (χ3n) is 3.11. The quantitative estimate of drug-likeness (QED) is 0.652. The van der Waals surface area contributed by atoms with Crippen LogP contribution in [0.15, 0.2) is 0 Å². The van der Waals surface area contributed by atoms with Gasteiger partial charge in [-0.25, -0.2) is 0 Å². The molecule has 0 bridgehead atoms. The molecule has 0 aliphatic heterocycles. The van der Waals surface area contributed by atoms with E-state index in [1.807, 2.05) is 0 Å². The topological polar surface area (TPSA) is 29.5 Å². The molecule has 1 rings (SSSR count). The summed E-state index contributed by atoms with van der Waals surface area (Å²) in [5.74, 6) is 1.04. The van der Waals surface area contributed by atoms with E-state index in [0.717, 1.165) is 6.54 Å². The number of hydrogen-bond donors (Lipinski definition) is 0. The molecule has 0 aromatic heterocycles. The van der Waals surface area contributed by atoms with Crippen molar-refractivity contribution in [1.29, 1.82) is 0 Å². The number of carbonyl (C=O) groups is 1. The van der Waals surface area contributed by atoms with Crippen molar-refractivity contribution in [1.82, 2.24) is 4.90 Å². The van der Waals surface area contributed by atoms with E-state index in [-0.39, 0.29) is 12.0 Å². The van der Waals surface area contributed by atoms with Gasteiger partial charge < -0.3 is 4.74 Å². The fourth-order valence-corrected chi connectivity index (χ4v) is 2.20. The van der Waals surface area contributed by atoms with Gasteiger partial charge in [-0.3, -0.25) is 9.69 Å². The SMILES string of the molecule is COC(=O)C(C1CC1)N(CC(C)C)C(C)C. The van der Waals surface area contributed by atoms with E-state index in [4.69, 9.17) is 4.74 Å². The Hall–Kier alpha value is -0.570. The number of esters is 1. The van der Waals surface area contributed by atoms with Gasteiger partial charge in [-0.05, 0) is 38.5 Å². The van der Waals surface area contributed by atoms with Gasteiger partial charge in [0.15, 0.2) is 0 Å². The molecule has 1 saturated carbocycles. The van der Waals surface area contributed by atoms with Crippen molar-refractivity contribution in [2.45, 2.75) is 52.6 Å². The molecule has 1 unspecified atom stereocenters. The molecule has 1 atom stereocenters. The first-order chi connectivity index (χ1) is 7.47. The van der Waals surface area contributed by atoms with Crippen molar-refractivity contribution in [3.8, 4) is 0 Å². The van der Waals surface area contributed by atoms with Gasteiger partial charge in [0.2, 0.25) is 0 Å². The zero-order valence-electron chi connectivity index (χ0n) is 11.2. The smallest absolute Gasteiger partial charge is 0.323 e. The molecule has 1 aliphatic carbocycles. The van der Waals surface area contributed by atoms with Crippen molar-refractivity contribution in [3.05, 3.63) is 0 Å². The number of nitrogens with zero attached hydrogens (tertiary/aromatic N) is 1. The monoisotopic (exact) mass is 227 g/mol. The summed E-state index contributed by atoms with van der Waals surface area (Å²) in [5, 5.41) is 0. The molecule has 16 heavy (non-hydrogen) atoms. The largest absolute Gasteiger partial charge is 0.468 e. The molecule has 1 aliphatic rings. The Balaban J connectivity index is 2.74. The molecular formula is C13H25NO2. The molecule has 0 saturated heterocycles. The van der Waals surface area contributed by atoms with Crippen molar-refractivity contribution in [2.75, 3.05) is 13.7 Å². The van der Waals surface area contributed by atoms with Gasteiger partial charge in [0.05, 0.1) is 7.11 Å². The van der Waals surface area contributed by atoms with E-state index >= 15 is 0 Å². The van der Waals surface area contributed by atoms with Crippen LogP contribution in [0.3, 0.4) is 0 Å². The molecular weight excluding hydrogens is 202 g/mol. The van der Waals surface area contributed by atoms with E-state index in [9.17, 15) is 4.79 Å². The fourth-order valence-electron chi connectivity index (χ4n) is 2.20. The number of rotatable bonds is 6. The van der Waals surface area contributed by atoms with Crippen LogP contribution in [0.25, 0.3) is 0 Å². The predicted molar refractivity (Wildman–Crippen MR) is 65.2 cm³/mol. The molecule has 0 amide bonds. The van der Waals surface area contributed by atoms with Crippen molar-refractivity contribution in [2.24, 2.45) is 11.8 Å². The highest BCUT2D eigenvalue weighted by Crippen LogP contribution is 2.36. The van der Waals surface area contributed by atoms with Crippen LogP contribution in [0.4, 0.5) is 0 Å². The van der Waals surface area contributed by atoms with E-state index in [2.05, 4.69) is 32.6 Å². The Bertz CT molecular complexity index is 234. The van der Waals surface area contributed by atoms with Gasteiger partial charge in [0, 0.05) is 12.6 Å². The second-order valence-corrected chi connectivity index (χ2v) is 5.49. The van der Waals surface area contributed by atoms with Crippen molar-refractivity contribution in [3.63, 3.8) is 0 Å². The normalized spacial score (nSPS) is 18.2. The standard InChI is InChI=1S/C13H25NO2/c1-9(2)8-14(10(3)4)12(11-6-7-11)13(15)16-5/h9-12H,6-8H2,1-5H3. The third-order valence-corrected chi connectivity index (χ3v) is 3.11. The molecule has 0 aromatic rings. The van der Waals surface area contributed by atoms with E-state index in [1.165, 1.54) is 20.0 Å². The van der Waals surface area contributed by atoms with Gasteiger partial charge >= 0.3 is 5.97 Å². The van der Waals surface area contributed by atoms with Crippen molar-refractivity contribution < 1.29 is 9.53 Å². The molecule has 0 aromatic carbocycles. The van der Waals surface area contributed by atoms with Gasteiger partial charge in [-0.1, -0.05) is 13.8 Å². The van der Waals surface area contributed by atoms with Gasteiger partial charge in [-0.2, -0.15) is 0 Å². The Morgan fingerprint density at radius 1 is 1.31 bits per heavy atom. The van der Waals surface area contributed by atoms with E-state index < -0.39 is 0 Å². The zero-order chi connectivity index (χ0) is 12.3. The highest BCUT2D eigenvalue weighted by molar-refractivity contribution is 5.76. The predicted octanol–water partition coefficient (Wildman–Crippen LogP) is 2.30. The van der Waals surface area contributed by atoms with Crippen LogP contribution in [0.2, 0.25) is 0 Å². The van der Waals surface area contributed by atoms with Crippen LogP contribution in [-0.2, 0) is 9.53 Å². The summed E-state index contributed by atoms with van der Waals surface area (Å²) in [6, 6.07) is 0.375. The number of methoxy groups -OCH3 is 1. The number of hydrogen-bond acceptors (Lipinski definition) is 3. The first kappa shape index (κ1) is 13.5. The maximum absolute atomic E-state index is 11.9. The lowest BCUT2D eigenvalue weighted by molar-refractivity contribution is -0.149. The Labute approximate surface area is 99.1 Å². The number of ether oxygens (including phenoxy) is 1. The van der Waals surface area contributed by atoms with Crippen molar-refractivity contribution >= 4 is 5.97 Å². The average Bonchev–Trinajstić information content (AvgIpc) is 2.99. The van der Waals surface area contributed by atoms with Crippen LogP contribution in [-0.4, -0.2) is 36.6 Å². The van der Waals surface area contributed by atoms with Gasteiger partial charge in [-0.15, -0.1) is 0 Å². The summed E-state index contributed by atoms with van der Waals surface area (Å²) >= 11 is 0. The highest BCUT2D eigenvalue weighted by atomic mass is 16.5. The summed E-state index contributed by atoms with van der Waals surface area (Å²) in [5.41, 5.74) is 0. The van der Waals surface area contributed by atoms with Crippen LogP contribution in [0.1, 0.15) is 40.5 Å². The van der Waals surface area contributed by atoms with Crippen LogP contribution < -0.4 is 0 Å². The minimum Gasteiger partial charge on any atom is -0.468 e. The number of carbonyl (C=O) groups excluding carboxylic acids is 1. The Kier molecular flexibility index (Phi) is 4.78. The first-order valence-corrected chi connectivity index (χ1v) is 6.31. The average molecular weight is 227 g/mol. The third kappa shape index (κ3) is 3.48. The van der Waals surface area contributed by atoms with Crippen LogP contribution >= 0.6 is 0 Å². The molecule has 1 fully saturated rings. The highest BCUT2D eigenvalue weighted by Gasteiger charge is 2.41. The molecule has 3 nitrogen and oxygen atoms in total. The summed E-state index contributed by atoms with van der Waals surface area (Å²) in [7, 11) is 1.49. The molecule has 0 spiro atoms.